The first-order chi connectivity index (χ1) is 14.4. The van der Waals surface area contributed by atoms with Gasteiger partial charge in [0.1, 0.15) is 12.1 Å². The van der Waals surface area contributed by atoms with Gasteiger partial charge >= 0.3 is 6.03 Å². The zero-order valence-electron chi connectivity index (χ0n) is 16.9. The van der Waals surface area contributed by atoms with Gasteiger partial charge in [-0.05, 0) is 31.5 Å². The second-order valence-corrected chi connectivity index (χ2v) is 7.62. The SMILES string of the molecule is CC[NH+](Cc1nc2ccccc2c(=O)[nH]1)CN1C(=O)N[C@@](C)(c2ccccc2)C1=O. The Balaban J connectivity index is 1.55. The van der Waals surface area contributed by atoms with Crippen LogP contribution in [0.3, 0.4) is 0 Å². The minimum absolute atomic E-state index is 0.181. The van der Waals surface area contributed by atoms with Crippen LogP contribution in [0, 0.1) is 0 Å². The molecule has 3 N–H and O–H groups in total. The number of aromatic nitrogens is 2. The van der Waals surface area contributed by atoms with Crippen LogP contribution in [-0.4, -0.2) is 40.0 Å². The zero-order chi connectivity index (χ0) is 21.3. The van der Waals surface area contributed by atoms with E-state index in [-0.39, 0.29) is 18.1 Å². The summed E-state index contributed by atoms with van der Waals surface area (Å²) in [4.78, 5) is 47.6. The largest absolute Gasteiger partial charge is 0.329 e. The van der Waals surface area contributed by atoms with Crippen LogP contribution in [0.1, 0.15) is 25.2 Å². The second-order valence-electron chi connectivity index (χ2n) is 7.62. The second kappa shape index (κ2) is 7.72. The van der Waals surface area contributed by atoms with Crippen LogP contribution in [-0.2, 0) is 16.9 Å². The Morgan fingerprint density at radius 2 is 1.73 bits per heavy atom. The van der Waals surface area contributed by atoms with E-state index in [1.165, 1.54) is 4.90 Å². The van der Waals surface area contributed by atoms with Gasteiger partial charge in [-0.25, -0.2) is 14.7 Å². The van der Waals surface area contributed by atoms with E-state index in [9.17, 15) is 14.4 Å². The Morgan fingerprint density at radius 3 is 2.47 bits per heavy atom. The van der Waals surface area contributed by atoms with Gasteiger partial charge in [-0.2, -0.15) is 0 Å². The van der Waals surface area contributed by atoms with E-state index in [0.717, 1.165) is 10.5 Å². The summed E-state index contributed by atoms with van der Waals surface area (Å²) in [5.74, 6) is 0.234. The molecular formula is C22H24N5O3+. The molecule has 8 nitrogen and oxygen atoms in total. The maximum atomic E-state index is 13.1. The van der Waals surface area contributed by atoms with E-state index in [1.807, 2.05) is 43.3 Å². The van der Waals surface area contributed by atoms with E-state index in [2.05, 4.69) is 15.3 Å². The van der Waals surface area contributed by atoms with Crippen molar-refractivity contribution in [2.45, 2.75) is 25.9 Å². The van der Waals surface area contributed by atoms with Gasteiger partial charge in [-0.1, -0.05) is 42.5 Å². The number of nitrogens with one attached hydrogen (secondary N) is 3. The highest BCUT2D eigenvalue weighted by atomic mass is 16.2. The molecular weight excluding hydrogens is 382 g/mol. The smallest absolute Gasteiger partial charge is 0.319 e. The van der Waals surface area contributed by atoms with Gasteiger partial charge in [-0.15, -0.1) is 0 Å². The number of benzene rings is 2. The first-order valence-electron chi connectivity index (χ1n) is 9.93. The first-order valence-corrected chi connectivity index (χ1v) is 9.93. The lowest BCUT2D eigenvalue weighted by Crippen LogP contribution is -3.12. The van der Waals surface area contributed by atoms with Crippen LogP contribution in [0.25, 0.3) is 10.9 Å². The highest BCUT2D eigenvalue weighted by molar-refractivity contribution is 6.07. The molecule has 1 aromatic heterocycles. The lowest BCUT2D eigenvalue weighted by molar-refractivity contribution is -0.919. The monoisotopic (exact) mass is 406 g/mol. The summed E-state index contributed by atoms with van der Waals surface area (Å²) in [6, 6.07) is 15.9. The van der Waals surface area contributed by atoms with Gasteiger partial charge in [0.15, 0.2) is 12.5 Å². The van der Waals surface area contributed by atoms with Crippen LogP contribution in [0.4, 0.5) is 4.79 Å². The Morgan fingerprint density at radius 1 is 1.03 bits per heavy atom. The summed E-state index contributed by atoms with van der Waals surface area (Å²) >= 11 is 0. The minimum Gasteiger partial charge on any atom is -0.319 e. The number of carbonyl (C=O) groups excluding carboxylic acids is 2. The highest BCUT2D eigenvalue weighted by Gasteiger charge is 2.50. The summed E-state index contributed by atoms with van der Waals surface area (Å²) in [6.45, 7) is 4.89. The van der Waals surface area contributed by atoms with Crippen molar-refractivity contribution in [3.05, 3.63) is 76.3 Å². The van der Waals surface area contributed by atoms with Crippen molar-refractivity contribution < 1.29 is 14.5 Å². The van der Waals surface area contributed by atoms with Crippen LogP contribution in [0.2, 0.25) is 0 Å². The van der Waals surface area contributed by atoms with Crippen LogP contribution in [0.15, 0.2) is 59.4 Å². The standard InChI is InChI=1S/C22H23N5O3/c1-3-26(13-18-23-17-12-8-7-11-16(17)19(28)24-18)14-27-20(29)22(2,25-21(27)30)15-9-5-4-6-10-15/h4-12H,3,13-14H2,1-2H3,(H,25,30)(H,23,24,28)/p+1/t22-/m0/s1. The Hall–Kier alpha value is -3.52. The lowest BCUT2D eigenvalue weighted by Gasteiger charge is -2.24. The van der Waals surface area contributed by atoms with Gasteiger partial charge in [0, 0.05) is 0 Å². The van der Waals surface area contributed by atoms with Gasteiger partial charge in [0.2, 0.25) is 0 Å². The number of nitrogens with zero attached hydrogens (tertiary/aromatic N) is 2. The fourth-order valence-corrected chi connectivity index (χ4v) is 3.78. The van der Waals surface area contributed by atoms with E-state index >= 15 is 0 Å². The quantitative estimate of drug-likeness (QED) is 0.526. The van der Waals surface area contributed by atoms with Gasteiger partial charge < -0.3 is 15.2 Å². The summed E-state index contributed by atoms with van der Waals surface area (Å²) < 4.78 is 0. The Bertz CT molecular complexity index is 1160. The molecule has 3 aromatic rings. The number of hydrogen-bond donors (Lipinski definition) is 3. The third-order valence-electron chi connectivity index (χ3n) is 5.59. The maximum Gasteiger partial charge on any atom is 0.329 e. The molecule has 1 aliphatic heterocycles. The van der Waals surface area contributed by atoms with Crippen LogP contribution < -0.4 is 15.8 Å². The minimum atomic E-state index is -1.09. The normalized spacial score (nSPS) is 19.9. The molecule has 30 heavy (non-hydrogen) atoms. The molecule has 1 fully saturated rings. The first kappa shape index (κ1) is 19.8. The summed E-state index contributed by atoms with van der Waals surface area (Å²) in [7, 11) is 0. The molecule has 3 amide bonds. The summed E-state index contributed by atoms with van der Waals surface area (Å²) in [5, 5.41) is 3.36. The van der Waals surface area contributed by atoms with Crippen molar-refractivity contribution in [3.63, 3.8) is 0 Å². The number of carbonyl (C=O) groups is 2. The molecule has 1 unspecified atom stereocenters. The van der Waals surface area contributed by atoms with Crippen molar-refractivity contribution in [1.82, 2.24) is 20.2 Å². The third-order valence-corrected chi connectivity index (χ3v) is 5.59. The van der Waals surface area contributed by atoms with E-state index in [0.29, 0.717) is 29.8 Å². The molecule has 2 heterocycles. The molecule has 1 aliphatic rings. The van der Waals surface area contributed by atoms with Crippen LogP contribution >= 0.6 is 0 Å². The Labute approximate surface area is 173 Å². The number of para-hydroxylation sites is 1. The number of aromatic amines is 1. The average molecular weight is 406 g/mol. The molecule has 4 rings (SSSR count). The molecule has 2 aromatic carbocycles. The molecule has 154 valence electrons. The molecule has 2 atom stereocenters. The van der Waals surface area contributed by atoms with E-state index < -0.39 is 11.6 Å². The number of amides is 3. The topological polar surface area (TPSA) is 99.6 Å². The number of fused-ring (bicyclic) bond motifs is 1. The highest BCUT2D eigenvalue weighted by Crippen LogP contribution is 2.27. The average Bonchev–Trinajstić information content (AvgIpc) is 2.97. The molecule has 0 spiro atoms. The van der Waals surface area contributed by atoms with Crippen molar-refractivity contribution in [3.8, 4) is 0 Å². The fourth-order valence-electron chi connectivity index (χ4n) is 3.78. The number of hydrogen-bond acceptors (Lipinski definition) is 4. The Kier molecular flexibility index (Phi) is 5.09. The van der Waals surface area contributed by atoms with Gasteiger partial charge in [-0.3, -0.25) is 9.59 Å². The van der Waals surface area contributed by atoms with Gasteiger partial charge in [0.25, 0.3) is 11.5 Å². The molecule has 8 heteroatoms. The number of imide groups is 1. The number of quaternary nitrogens is 1. The number of urea groups is 1. The fraction of sp³-hybridized carbons (Fsp3) is 0.273. The number of rotatable bonds is 6. The predicted molar refractivity (Wildman–Crippen MR) is 112 cm³/mol. The van der Waals surface area contributed by atoms with Gasteiger partial charge in [0.05, 0.1) is 17.4 Å². The summed E-state index contributed by atoms with van der Waals surface area (Å²) in [5.41, 5.74) is 0.0765. The van der Waals surface area contributed by atoms with Crippen LogP contribution in [0.5, 0.6) is 0 Å². The predicted octanol–water partition coefficient (Wildman–Crippen LogP) is 0.753. The van der Waals surface area contributed by atoms with E-state index in [1.54, 1.807) is 25.1 Å². The molecule has 0 saturated carbocycles. The molecule has 0 bridgehead atoms. The summed E-state index contributed by atoms with van der Waals surface area (Å²) in [6.07, 6.45) is 0. The molecule has 1 saturated heterocycles. The van der Waals surface area contributed by atoms with Crippen molar-refractivity contribution >= 4 is 22.8 Å². The third kappa shape index (κ3) is 3.46. The lowest BCUT2D eigenvalue weighted by atomic mass is 9.92. The van der Waals surface area contributed by atoms with Crippen molar-refractivity contribution in [2.75, 3.05) is 13.2 Å². The van der Waals surface area contributed by atoms with Crippen molar-refractivity contribution in [1.29, 1.82) is 0 Å². The molecule has 0 aliphatic carbocycles. The number of H-pyrrole nitrogens is 1. The maximum absolute atomic E-state index is 13.1. The zero-order valence-corrected chi connectivity index (χ0v) is 16.9. The van der Waals surface area contributed by atoms with Crippen molar-refractivity contribution in [2.24, 2.45) is 0 Å². The van der Waals surface area contributed by atoms with E-state index in [4.69, 9.17) is 0 Å². The molecule has 0 radical (unpaired) electrons.